The van der Waals surface area contributed by atoms with Crippen molar-refractivity contribution in [2.24, 2.45) is 17.3 Å². The molecule has 180 valence electrons. The van der Waals surface area contributed by atoms with Gasteiger partial charge in [-0.2, -0.15) is 0 Å². The number of imide groups is 1. The van der Waals surface area contributed by atoms with E-state index in [1.54, 1.807) is 0 Å². The Morgan fingerprint density at radius 1 is 1.28 bits per heavy atom. The Morgan fingerprint density at radius 3 is 2.62 bits per heavy atom. The Bertz CT molecular complexity index is 702. The zero-order valence-corrected chi connectivity index (χ0v) is 19.0. The Kier molecular flexibility index (Phi) is 8.10. The van der Waals surface area contributed by atoms with Crippen molar-refractivity contribution >= 4 is 24.3 Å². The predicted octanol–water partition coefficient (Wildman–Crippen LogP) is 1.70. The Balaban J connectivity index is 1.70. The van der Waals surface area contributed by atoms with E-state index in [2.05, 4.69) is 5.32 Å². The van der Waals surface area contributed by atoms with Gasteiger partial charge >= 0.3 is 6.09 Å². The molecule has 0 radical (unpaired) electrons. The highest BCUT2D eigenvalue weighted by Crippen LogP contribution is 2.38. The third-order valence-electron chi connectivity index (χ3n) is 6.94. The van der Waals surface area contributed by atoms with Crippen molar-refractivity contribution in [1.29, 1.82) is 0 Å². The van der Waals surface area contributed by atoms with Gasteiger partial charge in [0.25, 0.3) is 5.91 Å². The molecule has 1 aliphatic carbocycles. The number of alkyl carbamates (subject to hydrolysis) is 1. The van der Waals surface area contributed by atoms with Crippen LogP contribution in [0.15, 0.2) is 0 Å². The van der Waals surface area contributed by atoms with Gasteiger partial charge < -0.3 is 14.4 Å². The summed E-state index contributed by atoms with van der Waals surface area (Å²) in [6, 6.07) is -0.850. The average molecular weight is 454 g/mol. The smallest absolute Gasteiger partial charge is 0.414 e. The largest absolute Gasteiger partial charge is 0.443 e. The Morgan fingerprint density at radius 2 is 2.00 bits per heavy atom. The first-order valence-corrected chi connectivity index (χ1v) is 11.5. The van der Waals surface area contributed by atoms with Crippen molar-refractivity contribution in [2.45, 2.75) is 70.9 Å². The van der Waals surface area contributed by atoms with Crippen LogP contribution in [0.25, 0.3) is 0 Å². The second-order valence-corrected chi connectivity index (χ2v) is 9.86. The van der Waals surface area contributed by atoms with Gasteiger partial charge in [-0.3, -0.25) is 24.9 Å². The molecule has 1 saturated carbocycles. The number of carbonyl (C=O) groups is 4. The van der Waals surface area contributed by atoms with Crippen LogP contribution in [0.4, 0.5) is 4.79 Å². The number of likely N-dealkylation sites (tertiary alicyclic amines) is 1. The van der Waals surface area contributed by atoms with Crippen LogP contribution in [0.2, 0.25) is 0 Å². The third-order valence-corrected chi connectivity index (χ3v) is 6.94. The lowest BCUT2D eigenvalue weighted by molar-refractivity contribution is -0.159. The number of hydroxylamine groups is 2. The molecule has 4 amide bonds. The van der Waals surface area contributed by atoms with E-state index >= 15 is 0 Å². The minimum atomic E-state index is -0.850. The molecule has 2 N–H and O–H groups in total. The lowest BCUT2D eigenvalue weighted by Gasteiger charge is -2.34. The van der Waals surface area contributed by atoms with Crippen LogP contribution in [-0.4, -0.2) is 77.9 Å². The number of amides is 4. The molecule has 2 aliphatic heterocycles. The van der Waals surface area contributed by atoms with Crippen LogP contribution >= 0.6 is 0 Å². The third kappa shape index (κ3) is 5.98. The second-order valence-electron chi connectivity index (χ2n) is 9.86. The summed E-state index contributed by atoms with van der Waals surface area (Å²) in [5.74, 6) is -1.11. The number of hydrogen-bond donors (Lipinski definition) is 2. The molecule has 3 fully saturated rings. The van der Waals surface area contributed by atoms with E-state index in [0.29, 0.717) is 50.0 Å². The number of carbonyl (C=O) groups excluding carboxylic acids is 4. The van der Waals surface area contributed by atoms with Gasteiger partial charge in [0, 0.05) is 13.0 Å². The van der Waals surface area contributed by atoms with Gasteiger partial charge in [-0.05, 0) is 24.2 Å². The minimum Gasteiger partial charge on any atom is -0.443 e. The molecule has 0 spiro atoms. The van der Waals surface area contributed by atoms with E-state index in [9.17, 15) is 24.4 Å². The van der Waals surface area contributed by atoms with Crippen molar-refractivity contribution in [1.82, 2.24) is 15.3 Å². The summed E-state index contributed by atoms with van der Waals surface area (Å²) >= 11 is 0. The molecule has 0 bridgehead atoms. The predicted molar refractivity (Wildman–Crippen MR) is 112 cm³/mol. The van der Waals surface area contributed by atoms with Crippen molar-refractivity contribution in [3.8, 4) is 0 Å². The van der Waals surface area contributed by atoms with Crippen LogP contribution in [0.3, 0.4) is 0 Å². The van der Waals surface area contributed by atoms with Crippen molar-refractivity contribution in [3.63, 3.8) is 0 Å². The Labute approximate surface area is 188 Å². The average Bonchev–Trinajstić information content (AvgIpc) is 3.48. The van der Waals surface area contributed by atoms with Gasteiger partial charge in [0.05, 0.1) is 25.7 Å². The lowest BCUT2D eigenvalue weighted by atomic mass is 9.83. The van der Waals surface area contributed by atoms with Gasteiger partial charge in [-0.15, -0.1) is 0 Å². The Hall–Kier alpha value is -2.20. The zero-order valence-electron chi connectivity index (χ0n) is 19.0. The van der Waals surface area contributed by atoms with Gasteiger partial charge in [-0.25, -0.2) is 9.86 Å². The first-order valence-electron chi connectivity index (χ1n) is 11.5. The van der Waals surface area contributed by atoms with Crippen LogP contribution in [0.5, 0.6) is 0 Å². The fourth-order valence-electron chi connectivity index (χ4n) is 5.19. The highest BCUT2D eigenvalue weighted by Gasteiger charge is 2.49. The minimum absolute atomic E-state index is 0.117. The van der Waals surface area contributed by atoms with Crippen molar-refractivity contribution < 1.29 is 33.9 Å². The van der Waals surface area contributed by atoms with Crippen LogP contribution in [0, 0.1) is 17.3 Å². The second kappa shape index (κ2) is 10.6. The normalized spacial score (nSPS) is 26.0. The summed E-state index contributed by atoms with van der Waals surface area (Å²) in [7, 11) is 0. The fraction of sp³-hybridized carbons (Fsp3) is 0.818. The molecule has 3 rings (SSSR count). The molecule has 3 atom stereocenters. The number of nitrogens with zero attached hydrogens (tertiary/aromatic N) is 2. The van der Waals surface area contributed by atoms with E-state index in [-0.39, 0.29) is 25.0 Å². The molecule has 0 aromatic carbocycles. The topological polar surface area (TPSA) is 125 Å². The molecule has 3 aliphatic rings. The van der Waals surface area contributed by atoms with E-state index in [4.69, 9.17) is 9.47 Å². The molecular weight excluding hydrogens is 418 g/mol. The molecule has 0 unspecified atom stereocenters. The first-order chi connectivity index (χ1) is 15.2. The van der Waals surface area contributed by atoms with Crippen molar-refractivity contribution in [3.05, 3.63) is 0 Å². The highest BCUT2D eigenvalue weighted by atomic mass is 16.6. The number of rotatable bonds is 8. The summed E-state index contributed by atoms with van der Waals surface area (Å²) in [5.41, 5.74) is -0.544. The molecule has 32 heavy (non-hydrogen) atoms. The van der Waals surface area contributed by atoms with Gasteiger partial charge in [0.2, 0.25) is 12.3 Å². The molecular formula is C22H35N3O7. The maximum absolute atomic E-state index is 13.5. The molecule has 0 aromatic heterocycles. The highest BCUT2D eigenvalue weighted by molar-refractivity contribution is 5.98. The van der Waals surface area contributed by atoms with Gasteiger partial charge in [-0.1, -0.05) is 39.5 Å². The molecule has 10 nitrogen and oxygen atoms in total. The number of hydrogen-bond acceptors (Lipinski definition) is 7. The standard InChI is InChI=1S/C22H35N3O7/c1-22(2)8-9-25(18(22)19(27)23-21(29)32-17-7-10-31-13-17)20(28)16(12-24(30)14-26)11-15-5-3-4-6-15/h14-18,30H,3-13H2,1-2H3,(H,23,27,29)/t16-,17+,18-/m1/s1. The molecule has 2 saturated heterocycles. The zero-order chi connectivity index (χ0) is 23.3. The lowest BCUT2D eigenvalue weighted by Crippen LogP contribution is -2.54. The van der Waals surface area contributed by atoms with Gasteiger partial charge in [0.1, 0.15) is 12.1 Å². The monoisotopic (exact) mass is 453 g/mol. The van der Waals surface area contributed by atoms with E-state index in [1.165, 1.54) is 4.90 Å². The molecule has 0 aromatic rings. The molecule has 2 heterocycles. The maximum atomic E-state index is 13.5. The quantitative estimate of drug-likeness (QED) is 0.325. The summed E-state index contributed by atoms with van der Waals surface area (Å²) in [4.78, 5) is 51.3. The van der Waals surface area contributed by atoms with Crippen molar-refractivity contribution in [2.75, 3.05) is 26.3 Å². The van der Waals surface area contributed by atoms with Crippen LogP contribution < -0.4 is 5.32 Å². The number of nitrogens with one attached hydrogen (secondary N) is 1. The summed E-state index contributed by atoms with van der Waals surface area (Å²) in [6.45, 7) is 4.83. The van der Waals surface area contributed by atoms with E-state index < -0.39 is 29.4 Å². The maximum Gasteiger partial charge on any atom is 0.414 e. The first kappa shape index (κ1) is 24.4. The van der Waals surface area contributed by atoms with E-state index in [0.717, 1.165) is 25.7 Å². The van der Waals surface area contributed by atoms with Gasteiger partial charge in [0.15, 0.2) is 0 Å². The summed E-state index contributed by atoms with van der Waals surface area (Å²) in [5, 5.41) is 12.6. The molecule has 10 heteroatoms. The van der Waals surface area contributed by atoms with Crippen LogP contribution in [0.1, 0.15) is 58.8 Å². The SMILES string of the molecule is CC1(C)CCN(C(=O)[C@H](CC2CCCC2)CN(O)C=O)[C@@H]1C(=O)NC(=O)O[C@H]1CCOC1. The fourth-order valence-corrected chi connectivity index (χ4v) is 5.19. The van der Waals surface area contributed by atoms with E-state index in [1.807, 2.05) is 13.8 Å². The van der Waals surface area contributed by atoms with Crippen LogP contribution in [-0.2, 0) is 23.9 Å². The summed E-state index contributed by atoms with van der Waals surface area (Å²) < 4.78 is 10.4. The summed E-state index contributed by atoms with van der Waals surface area (Å²) in [6.07, 6.45) is 5.04. The number of ether oxygens (including phenoxy) is 2.